The molecular weight excluding hydrogens is 154 g/mol. The predicted molar refractivity (Wildman–Crippen MR) is 47.5 cm³/mol. The van der Waals surface area contributed by atoms with Crippen molar-refractivity contribution >= 4 is 5.91 Å². The molecule has 0 aliphatic rings. The summed E-state index contributed by atoms with van der Waals surface area (Å²) in [6.07, 6.45) is 3.02. The molecule has 1 amide bonds. The van der Waals surface area contributed by atoms with Crippen molar-refractivity contribution in [3.63, 3.8) is 0 Å². The van der Waals surface area contributed by atoms with Crippen molar-refractivity contribution in [2.24, 2.45) is 11.5 Å². The van der Waals surface area contributed by atoms with Crippen molar-refractivity contribution < 1.29 is 4.79 Å². The number of amides is 1. The topological polar surface area (TPSA) is 82.0 Å². The number of rotatable bonds is 1. The molecular formula is C8H13N3O. The highest BCUT2D eigenvalue weighted by atomic mass is 16.1. The largest absolute Gasteiger partial charge is 0.366 e. The molecule has 0 radical (unpaired) electrons. The van der Waals surface area contributed by atoms with Crippen LogP contribution in [-0.4, -0.2) is 17.4 Å². The van der Waals surface area contributed by atoms with E-state index in [4.69, 9.17) is 11.5 Å². The molecule has 1 aromatic heterocycles. The standard InChI is InChI=1S/C6H6N2O.C2H7N/c7-6(9)5-2-1-3-8-4-5;1-2-3/h1-4H,(H2,7,9);2-3H2,1H3. The second kappa shape index (κ2) is 6.30. The Morgan fingerprint density at radius 1 is 1.67 bits per heavy atom. The molecule has 0 aliphatic heterocycles. The lowest BCUT2D eigenvalue weighted by atomic mass is 10.3. The number of primary amides is 1. The highest BCUT2D eigenvalue weighted by Gasteiger charge is 1.94. The van der Waals surface area contributed by atoms with Gasteiger partial charge in [-0.1, -0.05) is 6.92 Å². The van der Waals surface area contributed by atoms with E-state index in [0.29, 0.717) is 5.56 Å². The molecule has 0 unspecified atom stereocenters. The zero-order chi connectivity index (χ0) is 9.40. The smallest absolute Gasteiger partial charge is 0.250 e. The molecule has 1 rings (SSSR count). The molecule has 0 bridgehead atoms. The number of aromatic nitrogens is 1. The highest BCUT2D eigenvalue weighted by molar-refractivity contribution is 5.92. The molecule has 0 saturated carbocycles. The van der Waals surface area contributed by atoms with Crippen LogP contribution in [0.4, 0.5) is 0 Å². The number of pyridine rings is 1. The van der Waals surface area contributed by atoms with Crippen LogP contribution in [0.15, 0.2) is 24.5 Å². The first-order valence-electron chi connectivity index (χ1n) is 3.62. The fourth-order valence-electron chi connectivity index (χ4n) is 0.509. The molecule has 0 saturated heterocycles. The van der Waals surface area contributed by atoms with E-state index in [1.54, 1.807) is 18.3 Å². The molecule has 4 N–H and O–H groups in total. The van der Waals surface area contributed by atoms with E-state index in [-0.39, 0.29) is 0 Å². The second-order valence-electron chi connectivity index (χ2n) is 2.01. The van der Waals surface area contributed by atoms with Gasteiger partial charge in [-0.05, 0) is 18.7 Å². The van der Waals surface area contributed by atoms with E-state index >= 15 is 0 Å². The van der Waals surface area contributed by atoms with Gasteiger partial charge in [-0.3, -0.25) is 9.78 Å². The Hall–Kier alpha value is -1.42. The molecule has 1 heterocycles. The minimum atomic E-state index is -0.442. The van der Waals surface area contributed by atoms with E-state index in [0.717, 1.165) is 6.54 Å². The zero-order valence-electron chi connectivity index (χ0n) is 7.03. The quantitative estimate of drug-likeness (QED) is 0.624. The predicted octanol–water partition coefficient (Wildman–Crippen LogP) is 0.146. The molecule has 12 heavy (non-hydrogen) atoms. The summed E-state index contributed by atoms with van der Waals surface area (Å²) >= 11 is 0. The Bertz CT molecular complexity index is 223. The molecule has 4 heteroatoms. The number of carbonyl (C=O) groups excluding carboxylic acids is 1. The van der Waals surface area contributed by atoms with E-state index in [2.05, 4.69) is 4.98 Å². The van der Waals surface area contributed by atoms with Crippen molar-refractivity contribution in [3.8, 4) is 0 Å². The summed E-state index contributed by atoms with van der Waals surface area (Å²) < 4.78 is 0. The molecule has 0 aliphatic carbocycles. The van der Waals surface area contributed by atoms with Gasteiger partial charge in [0.15, 0.2) is 0 Å². The van der Waals surface area contributed by atoms with Gasteiger partial charge in [-0.15, -0.1) is 0 Å². The van der Waals surface area contributed by atoms with Crippen molar-refractivity contribution in [2.45, 2.75) is 6.92 Å². The maximum Gasteiger partial charge on any atom is 0.250 e. The maximum atomic E-state index is 10.4. The van der Waals surface area contributed by atoms with E-state index in [1.807, 2.05) is 6.92 Å². The van der Waals surface area contributed by atoms with Crippen LogP contribution in [0.25, 0.3) is 0 Å². The number of nitrogens with zero attached hydrogens (tertiary/aromatic N) is 1. The summed E-state index contributed by atoms with van der Waals surface area (Å²) in [6.45, 7) is 2.65. The summed E-state index contributed by atoms with van der Waals surface area (Å²) in [7, 11) is 0. The van der Waals surface area contributed by atoms with Gasteiger partial charge < -0.3 is 11.5 Å². The second-order valence-corrected chi connectivity index (χ2v) is 2.01. The number of nitrogens with two attached hydrogens (primary N) is 2. The Morgan fingerprint density at radius 3 is 2.50 bits per heavy atom. The van der Waals surface area contributed by atoms with Crippen molar-refractivity contribution in [2.75, 3.05) is 6.54 Å². The summed E-state index contributed by atoms with van der Waals surface area (Å²) in [4.78, 5) is 14.1. The minimum Gasteiger partial charge on any atom is -0.366 e. The fraction of sp³-hybridized carbons (Fsp3) is 0.250. The van der Waals surface area contributed by atoms with Gasteiger partial charge in [0.1, 0.15) is 0 Å². The van der Waals surface area contributed by atoms with Crippen LogP contribution in [0, 0.1) is 0 Å². The first-order chi connectivity index (χ1) is 5.72. The summed E-state index contributed by atoms with van der Waals surface area (Å²) in [6, 6.07) is 3.29. The summed E-state index contributed by atoms with van der Waals surface area (Å²) in [5.41, 5.74) is 10.2. The zero-order valence-corrected chi connectivity index (χ0v) is 7.03. The van der Waals surface area contributed by atoms with Crippen molar-refractivity contribution in [3.05, 3.63) is 30.1 Å². The lowest BCUT2D eigenvalue weighted by molar-refractivity contribution is 0.1000. The Kier molecular flexibility index (Phi) is 5.55. The molecule has 4 nitrogen and oxygen atoms in total. The third-order valence-corrected chi connectivity index (χ3v) is 0.946. The number of hydrogen-bond donors (Lipinski definition) is 2. The normalized spacial score (nSPS) is 8.17. The highest BCUT2D eigenvalue weighted by Crippen LogP contribution is 1.91. The maximum absolute atomic E-state index is 10.4. The Labute approximate surface area is 71.6 Å². The third-order valence-electron chi connectivity index (χ3n) is 0.946. The summed E-state index contributed by atoms with van der Waals surface area (Å²) in [5.74, 6) is -0.442. The van der Waals surface area contributed by atoms with Gasteiger partial charge in [-0.25, -0.2) is 0 Å². The number of carbonyl (C=O) groups is 1. The number of hydrogen-bond acceptors (Lipinski definition) is 3. The van der Waals surface area contributed by atoms with Gasteiger partial charge in [0.05, 0.1) is 5.56 Å². The lowest BCUT2D eigenvalue weighted by Gasteiger charge is -1.88. The SMILES string of the molecule is CCN.NC(=O)c1cccnc1. The molecule has 0 aromatic carbocycles. The fourth-order valence-corrected chi connectivity index (χ4v) is 0.509. The third kappa shape index (κ3) is 4.40. The van der Waals surface area contributed by atoms with Gasteiger partial charge in [0.2, 0.25) is 5.91 Å². The monoisotopic (exact) mass is 167 g/mol. The van der Waals surface area contributed by atoms with Crippen LogP contribution >= 0.6 is 0 Å². The van der Waals surface area contributed by atoms with Gasteiger partial charge in [-0.2, -0.15) is 0 Å². The first kappa shape index (κ1) is 10.6. The Balaban J connectivity index is 0.000000354. The summed E-state index contributed by atoms with van der Waals surface area (Å²) in [5, 5.41) is 0. The van der Waals surface area contributed by atoms with Gasteiger partial charge in [0.25, 0.3) is 0 Å². The van der Waals surface area contributed by atoms with E-state index in [9.17, 15) is 4.79 Å². The average Bonchev–Trinajstić information content (AvgIpc) is 2.07. The van der Waals surface area contributed by atoms with Crippen LogP contribution in [0.5, 0.6) is 0 Å². The Morgan fingerprint density at radius 2 is 2.25 bits per heavy atom. The molecule has 0 atom stereocenters. The van der Waals surface area contributed by atoms with Crippen LogP contribution in [0.2, 0.25) is 0 Å². The molecule has 0 fully saturated rings. The van der Waals surface area contributed by atoms with E-state index < -0.39 is 5.91 Å². The van der Waals surface area contributed by atoms with Gasteiger partial charge >= 0.3 is 0 Å². The molecule has 66 valence electrons. The average molecular weight is 167 g/mol. The first-order valence-corrected chi connectivity index (χ1v) is 3.62. The van der Waals surface area contributed by atoms with Crippen LogP contribution in [-0.2, 0) is 0 Å². The lowest BCUT2D eigenvalue weighted by Crippen LogP contribution is -2.10. The van der Waals surface area contributed by atoms with Crippen LogP contribution in [0.1, 0.15) is 17.3 Å². The minimum absolute atomic E-state index is 0.442. The molecule has 0 spiro atoms. The van der Waals surface area contributed by atoms with Crippen molar-refractivity contribution in [1.29, 1.82) is 0 Å². The van der Waals surface area contributed by atoms with E-state index in [1.165, 1.54) is 6.20 Å². The van der Waals surface area contributed by atoms with Gasteiger partial charge in [0, 0.05) is 12.4 Å². The van der Waals surface area contributed by atoms with Crippen LogP contribution in [0.3, 0.4) is 0 Å². The van der Waals surface area contributed by atoms with Crippen LogP contribution < -0.4 is 11.5 Å². The van der Waals surface area contributed by atoms with Crippen molar-refractivity contribution in [1.82, 2.24) is 4.98 Å². The molecule has 1 aromatic rings.